The number of fused-ring (bicyclic) bond motifs is 9. The van der Waals surface area contributed by atoms with Gasteiger partial charge in [0.15, 0.2) is 0 Å². The van der Waals surface area contributed by atoms with Crippen LogP contribution in [0.1, 0.15) is 0 Å². The molecule has 0 bridgehead atoms. The Labute approximate surface area is 310 Å². The zero-order valence-electron chi connectivity index (χ0n) is 28.7. The van der Waals surface area contributed by atoms with Crippen LogP contribution in [0.5, 0.6) is 0 Å². The molecule has 0 N–H and O–H groups in total. The monoisotopic (exact) mass is 693 g/mol. The van der Waals surface area contributed by atoms with Gasteiger partial charge in [-0.05, 0) is 64.0 Å². The Morgan fingerprint density at radius 2 is 1.04 bits per heavy atom. The molecule has 0 amide bonds. The van der Waals surface area contributed by atoms with Crippen molar-refractivity contribution >= 4 is 92.1 Å². The highest BCUT2D eigenvalue weighted by Gasteiger charge is 2.22. The summed E-state index contributed by atoms with van der Waals surface area (Å²) in [5, 5.41) is 9.50. The third-order valence-corrected chi connectivity index (χ3v) is 11.9. The van der Waals surface area contributed by atoms with E-state index < -0.39 is 0 Å². The largest absolute Gasteiger partial charge is 0.455 e. The van der Waals surface area contributed by atoms with Gasteiger partial charge in [0.1, 0.15) is 11.2 Å². The van der Waals surface area contributed by atoms with Gasteiger partial charge in [0.2, 0.25) is 0 Å². The van der Waals surface area contributed by atoms with E-state index in [0.29, 0.717) is 0 Å². The lowest BCUT2D eigenvalue weighted by atomic mass is 9.95. The Hall–Kier alpha value is -6.68. The second kappa shape index (κ2) is 11.9. The second-order valence-corrected chi connectivity index (χ2v) is 14.7. The lowest BCUT2D eigenvalue weighted by molar-refractivity contribution is 0.673. The van der Waals surface area contributed by atoms with Gasteiger partial charge in [-0.2, -0.15) is 0 Å². The Balaban J connectivity index is 1.13. The number of thiophene rings is 1. The molecule has 0 aliphatic heterocycles. The first-order valence-corrected chi connectivity index (χ1v) is 18.8. The number of hydrogen-bond acceptors (Lipinski definition) is 3. The molecule has 11 rings (SSSR count). The molecule has 2 heterocycles. The fourth-order valence-electron chi connectivity index (χ4n) is 8.25. The maximum Gasteiger partial charge on any atom is 0.143 e. The summed E-state index contributed by atoms with van der Waals surface area (Å²) >= 11 is 1.87. The van der Waals surface area contributed by atoms with Gasteiger partial charge in [0.25, 0.3) is 0 Å². The first kappa shape index (κ1) is 30.0. The van der Waals surface area contributed by atoms with Crippen molar-refractivity contribution in [3.8, 4) is 22.3 Å². The fourth-order valence-corrected chi connectivity index (χ4v) is 9.49. The summed E-state index contributed by atoms with van der Waals surface area (Å²) in [5.41, 5.74) is 9.95. The zero-order chi connectivity index (χ0) is 34.9. The second-order valence-electron chi connectivity index (χ2n) is 13.6. The summed E-state index contributed by atoms with van der Waals surface area (Å²) < 4.78 is 9.45. The van der Waals surface area contributed by atoms with Gasteiger partial charge in [-0.15, -0.1) is 11.3 Å². The van der Waals surface area contributed by atoms with Crippen molar-refractivity contribution in [2.75, 3.05) is 4.90 Å². The number of hydrogen-bond donors (Lipinski definition) is 0. The van der Waals surface area contributed by atoms with Crippen LogP contribution in [0.15, 0.2) is 192 Å². The molecule has 0 radical (unpaired) electrons. The lowest BCUT2D eigenvalue weighted by Crippen LogP contribution is -2.11. The topological polar surface area (TPSA) is 16.4 Å². The predicted octanol–water partition coefficient (Wildman–Crippen LogP) is 15.1. The first-order chi connectivity index (χ1) is 26.3. The van der Waals surface area contributed by atoms with Crippen LogP contribution in [0.25, 0.3) is 85.9 Å². The maximum atomic E-state index is 6.80. The van der Waals surface area contributed by atoms with Crippen molar-refractivity contribution in [2.24, 2.45) is 0 Å². The fraction of sp³-hybridized carbons (Fsp3) is 0. The number of furan rings is 1. The average molecular weight is 694 g/mol. The van der Waals surface area contributed by atoms with Gasteiger partial charge >= 0.3 is 0 Å². The Morgan fingerprint density at radius 1 is 0.415 bits per heavy atom. The van der Waals surface area contributed by atoms with Gasteiger partial charge in [-0.25, -0.2) is 0 Å². The summed E-state index contributed by atoms with van der Waals surface area (Å²) in [5.74, 6) is 0. The van der Waals surface area contributed by atoms with Crippen molar-refractivity contribution in [3.63, 3.8) is 0 Å². The molecule has 0 saturated carbocycles. The number of anilines is 3. The van der Waals surface area contributed by atoms with E-state index in [1.54, 1.807) is 0 Å². The van der Waals surface area contributed by atoms with Crippen LogP contribution in [0.2, 0.25) is 0 Å². The minimum Gasteiger partial charge on any atom is -0.455 e. The Kier molecular flexibility index (Phi) is 6.76. The van der Waals surface area contributed by atoms with E-state index in [9.17, 15) is 0 Å². The molecular formula is C50H31NOS. The van der Waals surface area contributed by atoms with Crippen LogP contribution in [0, 0.1) is 0 Å². The van der Waals surface area contributed by atoms with Gasteiger partial charge in [-0.1, -0.05) is 152 Å². The Morgan fingerprint density at radius 3 is 1.89 bits per heavy atom. The van der Waals surface area contributed by atoms with E-state index in [-0.39, 0.29) is 0 Å². The normalized spacial score (nSPS) is 11.8. The maximum absolute atomic E-state index is 6.80. The molecule has 0 saturated heterocycles. The predicted molar refractivity (Wildman–Crippen MR) is 227 cm³/mol. The SMILES string of the molecule is c1ccc(N(c2cccc3ccccc23)c2cc3c(oc4cccc(-c5ccc(-c6cccc7c6sc6ccccc67)cc5)c43)c3ccccc23)cc1. The smallest absolute Gasteiger partial charge is 0.143 e. The van der Waals surface area contributed by atoms with Crippen molar-refractivity contribution in [1.82, 2.24) is 0 Å². The van der Waals surface area contributed by atoms with Crippen LogP contribution in [0.3, 0.4) is 0 Å². The highest BCUT2D eigenvalue weighted by molar-refractivity contribution is 7.26. The first-order valence-electron chi connectivity index (χ1n) is 18.0. The number of nitrogens with zero attached hydrogens (tertiary/aromatic N) is 1. The summed E-state index contributed by atoms with van der Waals surface area (Å²) in [4.78, 5) is 2.41. The zero-order valence-corrected chi connectivity index (χ0v) is 29.5. The van der Waals surface area contributed by atoms with Crippen molar-refractivity contribution in [2.45, 2.75) is 0 Å². The van der Waals surface area contributed by atoms with Crippen LogP contribution >= 0.6 is 11.3 Å². The quantitative estimate of drug-likeness (QED) is 0.178. The number of para-hydroxylation sites is 1. The average Bonchev–Trinajstić information content (AvgIpc) is 3.81. The molecule has 11 aromatic rings. The van der Waals surface area contributed by atoms with Gasteiger partial charge in [0.05, 0.1) is 11.4 Å². The van der Waals surface area contributed by atoms with E-state index in [2.05, 4.69) is 193 Å². The lowest BCUT2D eigenvalue weighted by Gasteiger charge is -2.28. The van der Waals surface area contributed by atoms with Crippen molar-refractivity contribution in [1.29, 1.82) is 0 Å². The minimum absolute atomic E-state index is 0.885. The third-order valence-electron chi connectivity index (χ3n) is 10.7. The van der Waals surface area contributed by atoms with Gasteiger partial charge in [-0.3, -0.25) is 0 Å². The summed E-state index contributed by atoms with van der Waals surface area (Å²) in [6, 6.07) is 67.8. The summed E-state index contributed by atoms with van der Waals surface area (Å²) in [7, 11) is 0. The molecule has 3 heteroatoms. The molecule has 0 unspecified atom stereocenters. The summed E-state index contributed by atoms with van der Waals surface area (Å²) in [6.07, 6.45) is 0. The molecule has 248 valence electrons. The third kappa shape index (κ3) is 4.71. The molecule has 0 atom stereocenters. The van der Waals surface area contributed by atoms with Crippen molar-refractivity contribution in [3.05, 3.63) is 188 Å². The molecule has 0 aliphatic carbocycles. The Bertz CT molecular complexity index is 3170. The highest BCUT2D eigenvalue weighted by atomic mass is 32.1. The van der Waals surface area contributed by atoms with Gasteiger partial charge in [0, 0.05) is 52.8 Å². The molecule has 2 aromatic heterocycles. The van der Waals surface area contributed by atoms with E-state index in [1.807, 2.05) is 11.3 Å². The number of rotatable bonds is 5. The number of benzene rings is 9. The van der Waals surface area contributed by atoms with E-state index in [4.69, 9.17) is 4.42 Å². The van der Waals surface area contributed by atoms with Gasteiger partial charge < -0.3 is 9.32 Å². The van der Waals surface area contributed by atoms with Crippen LogP contribution in [-0.4, -0.2) is 0 Å². The molecule has 9 aromatic carbocycles. The molecule has 53 heavy (non-hydrogen) atoms. The van der Waals surface area contributed by atoms with E-state index in [0.717, 1.165) is 60.9 Å². The van der Waals surface area contributed by atoms with Crippen LogP contribution < -0.4 is 4.90 Å². The molecule has 0 aliphatic rings. The molecular weight excluding hydrogens is 663 g/mol. The molecule has 0 spiro atoms. The standard InChI is InChI=1S/C50H31NOS/c1-2-15-35(16-3-1)51(44-24-10-14-32-13-4-5-17-36(32)44)45-31-43-48-37(21-12-25-46(48)52-49(43)41-20-7-6-18-39(41)45)33-27-29-34(30-28-33)38-22-11-23-42-40-19-8-9-26-47(40)53-50(38)42/h1-31H. The van der Waals surface area contributed by atoms with Crippen LogP contribution in [-0.2, 0) is 0 Å². The van der Waals surface area contributed by atoms with Crippen molar-refractivity contribution < 1.29 is 4.42 Å². The minimum atomic E-state index is 0.885. The summed E-state index contributed by atoms with van der Waals surface area (Å²) in [6.45, 7) is 0. The molecule has 0 fully saturated rings. The van der Waals surface area contributed by atoms with E-state index in [1.165, 1.54) is 42.1 Å². The molecule has 2 nitrogen and oxygen atoms in total. The van der Waals surface area contributed by atoms with E-state index >= 15 is 0 Å². The highest BCUT2D eigenvalue weighted by Crippen LogP contribution is 2.48. The van der Waals surface area contributed by atoms with Crippen LogP contribution in [0.4, 0.5) is 17.1 Å².